The van der Waals surface area contributed by atoms with Crippen molar-refractivity contribution in [3.05, 3.63) is 30.1 Å². The first-order valence-electron chi connectivity index (χ1n) is 3.62. The second-order valence-corrected chi connectivity index (χ2v) is 2.95. The van der Waals surface area contributed by atoms with Gasteiger partial charge < -0.3 is 4.74 Å². The molecule has 0 unspecified atom stereocenters. The number of aromatic nitrogens is 1. The van der Waals surface area contributed by atoms with Gasteiger partial charge in [0.25, 0.3) is 0 Å². The molecule has 0 bridgehead atoms. The van der Waals surface area contributed by atoms with Gasteiger partial charge in [0.2, 0.25) is 0 Å². The second-order valence-electron chi connectivity index (χ2n) is 2.95. The monoisotopic (exact) mass is 151 g/mol. The first-order chi connectivity index (χ1) is 5.17. The summed E-state index contributed by atoms with van der Waals surface area (Å²) in [6.07, 6.45) is 3.55. The van der Waals surface area contributed by atoms with Crippen molar-refractivity contribution in [1.82, 2.24) is 4.98 Å². The Kier molecular flexibility index (Phi) is 2.25. The van der Waals surface area contributed by atoms with Crippen molar-refractivity contribution in [3.8, 4) is 0 Å². The van der Waals surface area contributed by atoms with Crippen LogP contribution in [0.5, 0.6) is 0 Å². The van der Waals surface area contributed by atoms with Gasteiger partial charge in [0.05, 0.1) is 5.60 Å². The zero-order valence-electron chi connectivity index (χ0n) is 7.16. The Morgan fingerprint density at radius 3 is 2.27 bits per heavy atom. The van der Waals surface area contributed by atoms with E-state index in [0.29, 0.717) is 0 Å². The van der Waals surface area contributed by atoms with E-state index in [2.05, 4.69) is 4.98 Å². The van der Waals surface area contributed by atoms with Gasteiger partial charge in [-0.3, -0.25) is 4.98 Å². The summed E-state index contributed by atoms with van der Waals surface area (Å²) in [5, 5.41) is 0. The lowest BCUT2D eigenvalue weighted by Crippen LogP contribution is -2.19. The van der Waals surface area contributed by atoms with Crippen molar-refractivity contribution in [2.45, 2.75) is 19.4 Å². The summed E-state index contributed by atoms with van der Waals surface area (Å²) in [7, 11) is 1.71. The molecule has 1 heterocycles. The van der Waals surface area contributed by atoms with E-state index in [-0.39, 0.29) is 5.60 Å². The molecule has 2 nitrogen and oxygen atoms in total. The van der Waals surface area contributed by atoms with Crippen molar-refractivity contribution >= 4 is 0 Å². The van der Waals surface area contributed by atoms with Gasteiger partial charge in [-0.05, 0) is 31.5 Å². The normalized spacial score (nSPS) is 11.5. The van der Waals surface area contributed by atoms with Crippen LogP contribution < -0.4 is 0 Å². The van der Waals surface area contributed by atoms with E-state index in [1.165, 1.54) is 0 Å². The SMILES string of the molecule is COC(C)(C)c1ccncc1. The van der Waals surface area contributed by atoms with E-state index in [0.717, 1.165) is 5.56 Å². The maximum Gasteiger partial charge on any atom is 0.0872 e. The molecule has 0 aliphatic rings. The molecule has 0 radical (unpaired) electrons. The molecule has 1 aromatic heterocycles. The van der Waals surface area contributed by atoms with Gasteiger partial charge in [-0.2, -0.15) is 0 Å². The van der Waals surface area contributed by atoms with Gasteiger partial charge in [0.1, 0.15) is 0 Å². The van der Waals surface area contributed by atoms with Gasteiger partial charge in [-0.15, -0.1) is 0 Å². The van der Waals surface area contributed by atoms with Crippen LogP contribution in [0.2, 0.25) is 0 Å². The fourth-order valence-electron chi connectivity index (χ4n) is 0.871. The zero-order valence-corrected chi connectivity index (χ0v) is 7.16. The molecule has 0 fully saturated rings. The maximum atomic E-state index is 5.30. The van der Waals surface area contributed by atoms with Crippen molar-refractivity contribution in [3.63, 3.8) is 0 Å². The maximum absolute atomic E-state index is 5.30. The third-order valence-electron chi connectivity index (χ3n) is 1.89. The lowest BCUT2D eigenvalue weighted by Gasteiger charge is -2.22. The number of rotatable bonds is 2. The topological polar surface area (TPSA) is 22.1 Å². The molecule has 0 aliphatic heterocycles. The third kappa shape index (κ3) is 1.77. The van der Waals surface area contributed by atoms with Crippen LogP contribution in [-0.4, -0.2) is 12.1 Å². The standard InChI is InChI=1S/C9H13NO/c1-9(2,11-3)8-4-6-10-7-5-8/h4-7H,1-3H3. The highest BCUT2D eigenvalue weighted by molar-refractivity contribution is 5.17. The molecular formula is C9H13NO. The Morgan fingerprint density at radius 2 is 1.82 bits per heavy atom. The molecule has 60 valence electrons. The molecule has 0 saturated carbocycles. The number of hydrogen-bond acceptors (Lipinski definition) is 2. The number of nitrogens with zero attached hydrogens (tertiary/aromatic N) is 1. The van der Waals surface area contributed by atoms with Gasteiger partial charge in [-0.1, -0.05) is 0 Å². The molecule has 1 rings (SSSR count). The van der Waals surface area contributed by atoms with E-state index in [9.17, 15) is 0 Å². The molecule has 11 heavy (non-hydrogen) atoms. The van der Waals surface area contributed by atoms with Crippen LogP contribution in [0.1, 0.15) is 19.4 Å². The van der Waals surface area contributed by atoms with Crippen LogP contribution >= 0.6 is 0 Å². The summed E-state index contributed by atoms with van der Waals surface area (Å²) in [5.74, 6) is 0. The predicted molar refractivity (Wildman–Crippen MR) is 44.3 cm³/mol. The van der Waals surface area contributed by atoms with Crippen LogP contribution in [0.4, 0.5) is 0 Å². The smallest absolute Gasteiger partial charge is 0.0872 e. The fourth-order valence-corrected chi connectivity index (χ4v) is 0.871. The molecule has 0 aliphatic carbocycles. The fraction of sp³-hybridized carbons (Fsp3) is 0.444. The number of ether oxygens (including phenoxy) is 1. The van der Waals surface area contributed by atoms with Crippen LogP contribution in [0.25, 0.3) is 0 Å². The number of pyridine rings is 1. The van der Waals surface area contributed by atoms with E-state index < -0.39 is 0 Å². The van der Waals surface area contributed by atoms with Crippen molar-refractivity contribution < 1.29 is 4.74 Å². The summed E-state index contributed by atoms with van der Waals surface area (Å²) in [5.41, 5.74) is 0.943. The van der Waals surface area contributed by atoms with Crippen LogP contribution in [-0.2, 0) is 10.3 Å². The molecule has 0 aromatic carbocycles. The third-order valence-corrected chi connectivity index (χ3v) is 1.89. The lowest BCUT2D eigenvalue weighted by atomic mass is 10.00. The summed E-state index contributed by atoms with van der Waals surface area (Å²) >= 11 is 0. The Morgan fingerprint density at radius 1 is 1.27 bits per heavy atom. The summed E-state index contributed by atoms with van der Waals surface area (Å²) in [6.45, 7) is 4.06. The Labute approximate surface area is 67.2 Å². The summed E-state index contributed by atoms with van der Waals surface area (Å²) < 4.78 is 5.30. The quantitative estimate of drug-likeness (QED) is 0.644. The van der Waals surface area contributed by atoms with E-state index >= 15 is 0 Å². The predicted octanol–water partition coefficient (Wildman–Crippen LogP) is 1.96. The minimum Gasteiger partial charge on any atom is -0.374 e. The van der Waals surface area contributed by atoms with E-state index in [4.69, 9.17) is 4.74 Å². The van der Waals surface area contributed by atoms with Gasteiger partial charge in [0, 0.05) is 19.5 Å². The van der Waals surface area contributed by atoms with E-state index in [1.54, 1.807) is 19.5 Å². The first-order valence-corrected chi connectivity index (χ1v) is 3.62. The van der Waals surface area contributed by atoms with Gasteiger partial charge >= 0.3 is 0 Å². The number of hydrogen-bond donors (Lipinski definition) is 0. The molecule has 0 atom stereocenters. The first kappa shape index (κ1) is 8.21. The number of methoxy groups -OCH3 is 1. The van der Waals surface area contributed by atoms with E-state index in [1.807, 2.05) is 26.0 Å². The Bertz CT molecular complexity index is 218. The lowest BCUT2D eigenvalue weighted by molar-refractivity contribution is 0.0191. The Hall–Kier alpha value is -0.890. The highest BCUT2D eigenvalue weighted by Gasteiger charge is 2.18. The van der Waals surface area contributed by atoms with Gasteiger partial charge in [-0.25, -0.2) is 0 Å². The largest absolute Gasteiger partial charge is 0.374 e. The average molecular weight is 151 g/mol. The van der Waals surface area contributed by atoms with Crippen molar-refractivity contribution in [1.29, 1.82) is 0 Å². The molecule has 1 aromatic rings. The molecule has 0 amide bonds. The minimum atomic E-state index is -0.205. The highest BCUT2D eigenvalue weighted by atomic mass is 16.5. The van der Waals surface area contributed by atoms with Crippen LogP contribution in [0, 0.1) is 0 Å². The highest BCUT2D eigenvalue weighted by Crippen LogP contribution is 2.21. The molecule has 0 spiro atoms. The summed E-state index contributed by atoms with van der Waals surface area (Å²) in [4.78, 5) is 3.94. The Balaban J connectivity index is 2.93. The second kappa shape index (κ2) is 3.01. The van der Waals surface area contributed by atoms with Crippen molar-refractivity contribution in [2.24, 2.45) is 0 Å². The zero-order chi connectivity index (χ0) is 8.32. The van der Waals surface area contributed by atoms with Gasteiger partial charge in [0.15, 0.2) is 0 Å². The average Bonchev–Trinajstić information content (AvgIpc) is 2.06. The molecule has 2 heteroatoms. The summed E-state index contributed by atoms with van der Waals surface area (Å²) in [6, 6.07) is 3.92. The van der Waals surface area contributed by atoms with Crippen molar-refractivity contribution in [2.75, 3.05) is 7.11 Å². The van der Waals surface area contributed by atoms with Crippen LogP contribution in [0.15, 0.2) is 24.5 Å². The van der Waals surface area contributed by atoms with Crippen LogP contribution in [0.3, 0.4) is 0 Å². The molecular weight excluding hydrogens is 138 g/mol. The minimum absolute atomic E-state index is 0.205. The molecule has 0 N–H and O–H groups in total. The molecule has 0 saturated heterocycles.